The first-order chi connectivity index (χ1) is 13.0. The van der Waals surface area contributed by atoms with E-state index in [1.807, 2.05) is 0 Å². The van der Waals surface area contributed by atoms with Crippen molar-refractivity contribution in [1.29, 1.82) is 0 Å². The molecule has 0 amide bonds. The van der Waals surface area contributed by atoms with Crippen molar-refractivity contribution in [2.75, 3.05) is 46.0 Å². The van der Waals surface area contributed by atoms with Gasteiger partial charge in [0.15, 0.2) is 10.9 Å². The molecule has 0 bridgehead atoms. The molecule has 1 fully saturated rings. The van der Waals surface area contributed by atoms with E-state index in [9.17, 15) is 15.2 Å². The van der Waals surface area contributed by atoms with Crippen LogP contribution in [0.4, 0.5) is 5.69 Å². The second-order valence-electron chi connectivity index (χ2n) is 5.66. The lowest BCUT2D eigenvalue weighted by molar-refractivity contribution is -0.386. The average Bonchev–Trinajstić information content (AvgIpc) is 2.65. The molecular formula is C16H23N5O5S. The number of hydrogen-bond acceptors (Lipinski definition) is 8. The van der Waals surface area contributed by atoms with Crippen molar-refractivity contribution in [3.05, 3.63) is 27.8 Å². The number of ether oxygens (including phenoxy) is 2. The Balaban J connectivity index is 1.87. The maximum atomic E-state index is 11.0. The number of phenolic OH excluding ortho intramolecular Hbond substituents is 1. The predicted molar refractivity (Wildman–Crippen MR) is 105 cm³/mol. The Kier molecular flexibility index (Phi) is 8.17. The van der Waals surface area contributed by atoms with Crippen molar-refractivity contribution >= 4 is 29.2 Å². The first kappa shape index (κ1) is 20.8. The number of nitrogens with zero attached hydrogens (tertiary/aromatic N) is 3. The van der Waals surface area contributed by atoms with E-state index in [1.165, 1.54) is 18.3 Å². The molecule has 0 radical (unpaired) electrons. The van der Waals surface area contributed by atoms with E-state index in [0.29, 0.717) is 17.2 Å². The molecule has 10 nitrogen and oxygen atoms in total. The number of hydrazone groups is 1. The number of rotatable bonds is 8. The van der Waals surface area contributed by atoms with Crippen molar-refractivity contribution in [3.8, 4) is 11.5 Å². The van der Waals surface area contributed by atoms with Crippen molar-refractivity contribution in [2.24, 2.45) is 5.10 Å². The molecule has 0 unspecified atom stereocenters. The number of morpholine rings is 1. The minimum Gasteiger partial charge on any atom is -0.500 e. The first-order valence-corrected chi connectivity index (χ1v) is 8.93. The van der Waals surface area contributed by atoms with Gasteiger partial charge in [0.2, 0.25) is 5.75 Å². The molecule has 1 aliphatic heterocycles. The third-order valence-electron chi connectivity index (χ3n) is 3.77. The SMILES string of the molecule is CCOc1cc(/C=N/NC(=S)NCCN2CCOCC2)cc([N+](=O)[O-])c1O. The molecule has 148 valence electrons. The van der Waals surface area contributed by atoms with E-state index in [4.69, 9.17) is 21.7 Å². The summed E-state index contributed by atoms with van der Waals surface area (Å²) in [6.07, 6.45) is 1.37. The van der Waals surface area contributed by atoms with Crippen LogP contribution in [0.25, 0.3) is 0 Å². The lowest BCUT2D eigenvalue weighted by Gasteiger charge is -2.26. The molecule has 1 aromatic carbocycles. The molecule has 1 saturated heterocycles. The maximum Gasteiger partial charge on any atom is 0.315 e. The fourth-order valence-electron chi connectivity index (χ4n) is 2.45. The highest BCUT2D eigenvalue weighted by molar-refractivity contribution is 7.80. The summed E-state index contributed by atoms with van der Waals surface area (Å²) >= 11 is 5.14. The molecule has 0 aliphatic carbocycles. The second kappa shape index (κ2) is 10.6. The van der Waals surface area contributed by atoms with Gasteiger partial charge in [-0.1, -0.05) is 0 Å². The molecule has 0 aromatic heterocycles. The van der Waals surface area contributed by atoms with E-state index in [2.05, 4.69) is 20.7 Å². The van der Waals surface area contributed by atoms with Gasteiger partial charge in [0.05, 0.1) is 31.0 Å². The van der Waals surface area contributed by atoms with Crippen LogP contribution in [-0.4, -0.2) is 72.3 Å². The number of aromatic hydroxyl groups is 1. The zero-order chi connectivity index (χ0) is 19.6. The van der Waals surface area contributed by atoms with Crippen LogP contribution in [0.2, 0.25) is 0 Å². The van der Waals surface area contributed by atoms with E-state index in [-0.39, 0.29) is 12.4 Å². The number of nitrogens with one attached hydrogen (secondary N) is 2. The molecule has 11 heteroatoms. The van der Waals surface area contributed by atoms with Crippen LogP contribution in [0.15, 0.2) is 17.2 Å². The van der Waals surface area contributed by atoms with Gasteiger partial charge >= 0.3 is 5.69 Å². The molecule has 0 spiro atoms. The van der Waals surface area contributed by atoms with Crippen LogP contribution in [0.1, 0.15) is 12.5 Å². The fraction of sp³-hybridized carbons (Fsp3) is 0.500. The first-order valence-electron chi connectivity index (χ1n) is 8.52. The summed E-state index contributed by atoms with van der Waals surface area (Å²) in [6, 6.07) is 2.67. The molecule has 1 heterocycles. The summed E-state index contributed by atoms with van der Waals surface area (Å²) < 4.78 is 10.5. The largest absolute Gasteiger partial charge is 0.500 e. The predicted octanol–water partition coefficient (Wildman–Crippen LogP) is 0.829. The van der Waals surface area contributed by atoms with Gasteiger partial charge in [-0.2, -0.15) is 5.10 Å². The summed E-state index contributed by atoms with van der Waals surface area (Å²) in [4.78, 5) is 12.6. The van der Waals surface area contributed by atoms with Crippen molar-refractivity contribution in [1.82, 2.24) is 15.6 Å². The van der Waals surface area contributed by atoms with Crippen molar-refractivity contribution < 1.29 is 19.5 Å². The second-order valence-corrected chi connectivity index (χ2v) is 6.07. The normalized spacial score (nSPS) is 14.9. The van der Waals surface area contributed by atoms with Crippen LogP contribution in [0.3, 0.4) is 0 Å². The summed E-state index contributed by atoms with van der Waals surface area (Å²) in [7, 11) is 0. The Morgan fingerprint density at radius 1 is 1.52 bits per heavy atom. The van der Waals surface area contributed by atoms with Crippen LogP contribution in [-0.2, 0) is 4.74 Å². The highest BCUT2D eigenvalue weighted by Gasteiger charge is 2.19. The molecule has 1 aliphatic rings. The number of nitro benzene ring substituents is 1. The minimum absolute atomic E-state index is 0.0272. The summed E-state index contributed by atoms with van der Waals surface area (Å²) in [6.45, 7) is 6.79. The van der Waals surface area contributed by atoms with Crippen LogP contribution < -0.4 is 15.5 Å². The molecule has 1 aromatic rings. The van der Waals surface area contributed by atoms with Gasteiger partial charge in [0.25, 0.3) is 0 Å². The minimum atomic E-state index is -0.680. The fourth-order valence-corrected chi connectivity index (χ4v) is 2.61. The van der Waals surface area contributed by atoms with Gasteiger partial charge in [-0.15, -0.1) is 0 Å². The molecule has 27 heavy (non-hydrogen) atoms. The van der Waals surface area contributed by atoms with Crippen LogP contribution in [0, 0.1) is 10.1 Å². The van der Waals surface area contributed by atoms with Gasteiger partial charge in [0.1, 0.15) is 0 Å². The highest BCUT2D eigenvalue weighted by Crippen LogP contribution is 2.36. The summed E-state index contributed by atoms with van der Waals surface area (Å²) in [5.41, 5.74) is 2.60. The zero-order valence-corrected chi connectivity index (χ0v) is 15.8. The number of thiocarbonyl (C=S) groups is 1. The smallest absolute Gasteiger partial charge is 0.315 e. The molecule has 0 saturated carbocycles. The van der Waals surface area contributed by atoms with Crippen molar-refractivity contribution in [3.63, 3.8) is 0 Å². The lowest BCUT2D eigenvalue weighted by Crippen LogP contribution is -2.42. The topological polar surface area (TPSA) is 121 Å². The van der Waals surface area contributed by atoms with Gasteiger partial charge in [0, 0.05) is 37.8 Å². The average molecular weight is 397 g/mol. The number of phenols is 1. The number of nitro groups is 1. The van der Waals surface area contributed by atoms with Gasteiger partial charge in [-0.25, -0.2) is 0 Å². The third-order valence-corrected chi connectivity index (χ3v) is 4.01. The Morgan fingerprint density at radius 2 is 2.26 bits per heavy atom. The van der Waals surface area contributed by atoms with Gasteiger partial charge < -0.3 is 19.9 Å². The Bertz CT molecular complexity index is 694. The Morgan fingerprint density at radius 3 is 2.93 bits per heavy atom. The van der Waals surface area contributed by atoms with Crippen LogP contribution in [0.5, 0.6) is 11.5 Å². The molecular weight excluding hydrogens is 374 g/mol. The molecule has 0 atom stereocenters. The van der Waals surface area contributed by atoms with E-state index in [1.54, 1.807) is 6.92 Å². The van der Waals surface area contributed by atoms with Crippen LogP contribution >= 0.6 is 12.2 Å². The lowest BCUT2D eigenvalue weighted by atomic mass is 10.2. The van der Waals surface area contributed by atoms with E-state index < -0.39 is 16.4 Å². The Labute approximate surface area is 162 Å². The molecule has 3 N–H and O–H groups in total. The summed E-state index contributed by atoms with van der Waals surface area (Å²) in [5, 5.41) is 28.3. The van der Waals surface area contributed by atoms with Gasteiger partial charge in [-0.3, -0.25) is 20.4 Å². The number of benzene rings is 1. The summed E-state index contributed by atoms with van der Waals surface area (Å²) in [5.74, 6) is -0.480. The standard InChI is InChI=1S/C16H23N5O5S/c1-2-26-14-10-12(9-13(15(14)22)21(23)24)11-18-19-16(27)17-3-4-20-5-7-25-8-6-20/h9-11,22H,2-8H2,1H3,(H2,17,19,27)/b18-11+. The van der Waals surface area contributed by atoms with E-state index >= 15 is 0 Å². The van der Waals surface area contributed by atoms with Crippen molar-refractivity contribution in [2.45, 2.75) is 6.92 Å². The highest BCUT2D eigenvalue weighted by atomic mass is 32.1. The zero-order valence-electron chi connectivity index (χ0n) is 15.0. The number of hydrogen-bond donors (Lipinski definition) is 3. The molecule has 2 rings (SSSR count). The van der Waals surface area contributed by atoms with Gasteiger partial charge in [-0.05, 0) is 25.2 Å². The van der Waals surface area contributed by atoms with E-state index in [0.717, 1.165) is 32.8 Å². The maximum absolute atomic E-state index is 11.0. The monoisotopic (exact) mass is 397 g/mol. The third kappa shape index (κ3) is 6.62. The Hall–Kier alpha value is -2.50. The quantitative estimate of drug-likeness (QED) is 0.253.